The van der Waals surface area contributed by atoms with E-state index in [0.717, 1.165) is 56.5 Å². The van der Waals surface area contributed by atoms with Gasteiger partial charge < -0.3 is 24.8 Å². The van der Waals surface area contributed by atoms with Gasteiger partial charge in [0.15, 0.2) is 11.6 Å². The molecule has 0 spiro atoms. The molecule has 2 aromatic carbocycles. The SMILES string of the molecule is C[C@H]1CN2CCC[C@@]2(COc2nc3c4c(c(Cl)c(-c5ccc(F)c6sc(N)c(C#N)c56)c(F)c4n2)OCC2COCC2N3C2CC2)C1. The molecule has 0 amide bonds. The Labute approximate surface area is 279 Å². The Hall–Kier alpha value is -3.50. The van der Waals surface area contributed by atoms with Gasteiger partial charge in [-0.15, -0.1) is 11.3 Å². The summed E-state index contributed by atoms with van der Waals surface area (Å²) in [6.07, 6.45) is 5.13. The van der Waals surface area contributed by atoms with Crippen molar-refractivity contribution in [3.8, 4) is 29.0 Å². The third-order valence-corrected chi connectivity index (χ3v) is 12.1. The first-order valence-electron chi connectivity index (χ1n) is 16.3. The number of anilines is 2. The third kappa shape index (κ3) is 4.43. The molecule has 5 aliphatic rings. The first kappa shape index (κ1) is 29.6. The van der Waals surface area contributed by atoms with Crippen molar-refractivity contribution in [3.63, 3.8) is 0 Å². The van der Waals surface area contributed by atoms with Gasteiger partial charge in [-0.3, -0.25) is 4.90 Å². The number of halogens is 3. The predicted molar refractivity (Wildman–Crippen MR) is 176 cm³/mol. The van der Waals surface area contributed by atoms with Crippen LogP contribution in [-0.4, -0.2) is 72.0 Å². The molecule has 47 heavy (non-hydrogen) atoms. The molecule has 2 N–H and O–H groups in total. The number of nitrogen functional groups attached to an aromatic ring is 1. The molecular formula is C34H33ClF2N6O3S. The lowest BCUT2D eigenvalue weighted by molar-refractivity contribution is 0.107. The van der Waals surface area contributed by atoms with Crippen molar-refractivity contribution in [3.05, 3.63) is 34.4 Å². The monoisotopic (exact) mass is 678 g/mol. The van der Waals surface area contributed by atoms with Gasteiger partial charge in [-0.25, -0.2) is 8.78 Å². The maximum Gasteiger partial charge on any atom is 0.319 e. The van der Waals surface area contributed by atoms with Crippen LogP contribution in [0, 0.1) is 34.8 Å². The Morgan fingerprint density at radius 2 is 2.06 bits per heavy atom. The first-order chi connectivity index (χ1) is 22.8. The number of thiophene rings is 1. The Kier molecular flexibility index (Phi) is 6.78. The zero-order valence-corrected chi connectivity index (χ0v) is 27.4. The highest BCUT2D eigenvalue weighted by molar-refractivity contribution is 7.23. The van der Waals surface area contributed by atoms with Crippen molar-refractivity contribution in [1.82, 2.24) is 14.9 Å². The Morgan fingerprint density at radius 3 is 2.87 bits per heavy atom. The molecule has 6 heterocycles. The Bertz CT molecular complexity index is 2020. The van der Waals surface area contributed by atoms with Gasteiger partial charge in [0.05, 0.1) is 52.1 Å². The summed E-state index contributed by atoms with van der Waals surface area (Å²) in [5.41, 5.74) is 6.33. The van der Waals surface area contributed by atoms with Crippen LogP contribution in [0.2, 0.25) is 5.02 Å². The smallest absolute Gasteiger partial charge is 0.319 e. The second kappa shape index (κ2) is 10.8. The molecule has 2 aromatic heterocycles. The molecule has 0 radical (unpaired) electrons. The average Bonchev–Trinajstić information content (AvgIpc) is 3.32. The third-order valence-electron chi connectivity index (χ3n) is 10.8. The molecule has 13 heteroatoms. The van der Waals surface area contributed by atoms with Crippen LogP contribution in [0.25, 0.3) is 32.1 Å². The minimum atomic E-state index is -0.724. The van der Waals surface area contributed by atoms with Crippen LogP contribution in [-0.2, 0) is 4.74 Å². The van der Waals surface area contributed by atoms with Crippen molar-refractivity contribution in [2.75, 3.05) is 50.2 Å². The quantitative estimate of drug-likeness (QED) is 0.252. The number of nitriles is 1. The van der Waals surface area contributed by atoms with Crippen molar-refractivity contribution in [2.24, 2.45) is 11.8 Å². The summed E-state index contributed by atoms with van der Waals surface area (Å²) in [5.74, 6) is 0.0937. The van der Waals surface area contributed by atoms with Crippen molar-refractivity contribution in [1.29, 1.82) is 5.26 Å². The van der Waals surface area contributed by atoms with Gasteiger partial charge >= 0.3 is 6.01 Å². The lowest BCUT2D eigenvalue weighted by atomic mass is 9.92. The molecule has 244 valence electrons. The standard InChI is InChI=1S/C34H33ClF2N6O3S/c1-16-9-34(7-2-8-42(34)11-16)15-46-33-40-28-25-29(45-13-17-12-44-14-22(17)43(18-3-4-18)32(25)41-33)26(35)24(27(28)37)19-5-6-21(36)30-23(19)20(10-38)31(39)47-30/h5-6,16-18,22H,2-4,7-9,11-15,39H2,1H3/t16-,17?,22?,34+/m1/s1. The lowest BCUT2D eigenvalue weighted by Crippen LogP contribution is -2.45. The topological polar surface area (TPSA) is 110 Å². The fraction of sp³-hybridized carbons (Fsp3) is 0.500. The molecule has 9 nitrogen and oxygen atoms in total. The summed E-state index contributed by atoms with van der Waals surface area (Å²) >= 11 is 8.08. The summed E-state index contributed by atoms with van der Waals surface area (Å²) < 4.78 is 51.4. The molecule has 1 aliphatic carbocycles. The van der Waals surface area contributed by atoms with Crippen LogP contribution in [0.15, 0.2) is 12.1 Å². The van der Waals surface area contributed by atoms with E-state index in [1.54, 1.807) is 0 Å². The van der Waals surface area contributed by atoms with Gasteiger partial charge in [0.2, 0.25) is 0 Å². The van der Waals surface area contributed by atoms with Gasteiger partial charge in [0.25, 0.3) is 0 Å². The molecule has 4 atom stereocenters. The van der Waals surface area contributed by atoms with Gasteiger partial charge in [-0.2, -0.15) is 15.2 Å². The van der Waals surface area contributed by atoms with Crippen LogP contribution < -0.4 is 20.1 Å². The van der Waals surface area contributed by atoms with Crippen LogP contribution in [0.1, 0.15) is 44.6 Å². The zero-order chi connectivity index (χ0) is 32.2. The lowest BCUT2D eigenvalue weighted by Gasteiger charge is -2.36. The van der Waals surface area contributed by atoms with E-state index in [1.165, 1.54) is 12.1 Å². The van der Waals surface area contributed by atoms with Crippen LogP contribution in [0.3, 0.4) is 0 Å². The van der Waals surface area contributed by atoms with E-state index in [4.69, 9.17) is 41.5 Å². The van der Waals surface area contributed by atoms with Crippen molar-refractivity contribution >= 4 is 54.7 Å². The molecule has 4 fully saturated rings. The first-order valence-corrected chi connectivity index (χ1v) is 17.5. The Morgan fingerprint density at radius 1 is 1.21 bits per heavy atom. The minimum Gasteiger partial charge on any atom is -0.491 e. The number of benzene rings is 2. The van der Waals surface area contributed by atoms with Crippen LogP contribution in [0.4, 0.5) is 19.6 Å². The number of rotatable bonds is 5. The molecule has 0 bridgehead atoms. The van der Waals surface area contributed by atoms with E-state index in [-0.39, 0.29) is 77.6 Å². The van der Waals surface area contributed by atoms with Gasteiger partial charge in [0.1, 0.15) is 34.8 Å². The van der Waals surface area contributed by atoms with Gasteiger partial charge in [-0.05, 0) is 56.2 Å². The predicted octanol–water partition coefficient (Wildman–Crippen LogP) is 6.53. The minimum absolute atomic E-state index is 0.00201. The molecule has 1 saturated carbocycles. The number of hydrogen-bond acceptors (Lipinski definition) is 10. The normalized spacial score (nSPS) is 27.0. The van der Waals surface area contributed by atoms with Crippen molar-refractivity contribution in [2.45, 2.75) is 56.7 Å². The molecule has 4 aromatic rings. The van der Waals surface area contributed by atoms with E-state index in [0.29, 0.717) is 43.5 Å². The largest absolute Gasteiger partial charge is 0.491 e. The summed E-state index contributed by atoms with van der Waals surface area (Å²) in [5, 5.41) is 10.7. The van der Waals surface area contributed by atoms with Crippen LogP contribution in [0.5, 0.6) is 11.8 Å². The van der Waals surface area contributed by atoms with E-state index in [9.17, 15) is 5.26 Å². The molecule has 3 saturated heterocycles. The summed E-state index contributed by atoms with van der Waals surface area (Å²) in [4.78, 5) is 14.5. The molecule has 2 unspecified atom stereocenters. The maximum atomic E-state index is 17.3. The highest BCUT2D eigenvalue weighted by atomic mass is 35.5. The van der Waals surface area contributed by atoms with E-state index in [2.05, 4.69) is 22.8 Å². The number of aromatic nitrogens is 2. The number of nitrogens with zero attached hydrogens (tertiary/aromatic N) is 5. The fourth-order valence-electron chi connectivity index (χ4n) is 8.59. The summed E-state index contributed by atoms with van der Waals surface area (Å²) in [6.45, 7) is 6.08. The molecular weight excluding hydrogens is 646 g/mol. The second-order valence-electron chi connectivity index (χ2n) is 13.8. The Balaban J connectivity index is 1.28. The summed E-state index contributed by atoms with van der Waals surface area (Å²) in [7, 11) is 0. The second-order valence-corrected chi connectivity index (χ2v) is 15.3. The summed E-state index contributed by atoms with van der Waals surface area (Å²) in [6, 6.07) is 5.04. The van der Waals surface area contributed by atoms with E-state index in [1.807, 2.05) is 0 Å². The molecule has 9 rings (SSSR count). The van der Waals surface area contributed by atoms with E-state index < -0.39 is 11.6 Å². The highest BCUT2D eigenvalue weighted by Gasteiger charge is 2.48. The molecule has 4 aliphatic heterocycles. The van der Waals surface area contributed by atoms with Gasteiger partial charge in [-0.1, -0.05) is 24.6 Å². The zero-order valence-electron chi connectivity index (χ0n) is 25.8. The fourth-order valence-corrected chi connectivity index (χ4v) is 9.87. The maximum absolute atomic E-state index is 17.3. The van der Waals surface area contributed by atoms with Crippen molar-refractivity contribution < 1.29 is 23.0 Å². The van der Waals surface area contributed by atoms with Crippen LogP contribution >= 0.6 is 22.9 Å². The number of ether oxygens (including phenoxy) is 3. The average molecular weight is 679 g/mol. The number of hydrogen-bond donors (Lipinski definition) is 1. The number of fused-ring (bicyclic) bond motifs is 3. The highest BCUT2D eigenvalue weighted by Crippen LogP contribution is 2.52. The van der Waals surface area contributed by atoms with Gasteiger partial charge in [0, 0.05) is 29.5 Å². The number of nitrogens with two attached hydrogens (primary N) is 1. The van der Waals surface area contributed by atoms with E-state index >= 15 is 8.78 Å².